The first kappa shape index (κ1) is 21.4. The molecule has 8 nitrogen and oxygen atoms in total. The molecule has 0 saturated heterocycles. The molecule has 2 rings (SSSR count). The Morgan fingerprint density at radius 1 is 1.32 bits per heavy atom. The van der Waals surface area contributed by atoms with E-state index >= 15 is 0 Å². The van der Waals surface area contributed by atoms with E-state index < -0.39 is 11.7 Å². The van der Waals surface area contributed by atoms with Gasteiger partial charge in [0.2, 0.25) is 5.88 Å². The summed E-state index contributed by atoms with van der Waals surface area (Å²) in [6.07, 6.45) is 3.18. The first-order chi connectivity index (χ1) is 13.3. The maximum Gasteiger partial charge on any atom is 0.252 e. The summed E-state index contributed by atoms with van der Waals surface area (Å²) in [4.78, 5) is 20.1. The molecule has 2 atom stereocenters. The third kappa shape index (κ3) is 5.53. The number of nitrogens with zero attached hydrogens (tertiary/aromatic N) is 2. The molecule has 0 aromatic carbocycles. The number of ether oxygens (including phenoxy) is 1. The van der Waals surface area contributed by atoms with Crippen molar-refractivity contribution in [3.8, 4) is 5.88 Å². The maximum absolute atomic E-state index is 14.5. The molecule has 0 bridgehead atoms. The van der Waals surface area contributed by atoms with Gasteiger partial charge in [-0.1, -0.05) is 13.3 Å². The van der Waals surface area contributed by atoms with Crippen molar-refractivity contribution in [1.29, 1.82) is 0 Å². The van der Waals surface area contributed by atoms with Crippen LogP contribution < -0.4 is 26.8 Å². The first-order valence-corrected chi connectivity index (χ1v) is 9.24. The number of aromatic nitrogens is 2. The highest BCUT2D eigenvalue weighted by atomic mass is 19.1. The van der Waals surface area contributed by atoms with Crippen LogP contribution in [0, 0.1) is 5.82 Å². The maximum atomic E-state index is 14.5. The number of hydrogen-bond donors (Lipinski definition) is 4. The topological polar surface area (TPSA) is 128 Å². The molecule has 28 heavy (non-hydrogen) atoms. The van der Waals surface area contributed by atoms with E-state index in [4.69, 9.17) is 16.2 Å². The second-order valence-electron chi connectivity index (χ2n) is 6.42. The number of carbonyl (C=O) groups excluding carboxylic acids is 1. The summed E-state index contributed by atoms with van der Waals surface area (Å²) in [7, 11) is 0. The van der Waals surface area contributed by atoms with Gasteiger partial charge in [0, 0.05) is 30.0 Å². The smallest absolute Gasteiger partial charge is 0.252 e. The zero-order valence-corrected chi connectivity index (χ0v) is 16.3. The van der Waals surface area contributed by atoms with E-state index in [1.807, 2.05) is 20.8 Å². The lowest BCUT2D eigenvalue weighted by Crippen LogP contribution is -2.38. The fourth-order valence-electron chi connectivity index (χ4n) is 2.68. The lowest BCUT2D eigenvalue weighted by Gasteiger charge is -2.23. The van der Waals surface area contributed by atoms with E-state index in [0.29, 0.717) is 18.2 Å². The summed E-state index contributed by atoms with van der Waals surface area (Å²) < 4.78 is 19.9. The van der Waals surface area contributed by atoms with Gasteiger partial charge in [0.25, 0.3) is 5.91 Å². The van der Waals surface area contributed by atoms with Crippen molar-refractivity contribution in [2.45, 2.75) is 45.7 Å². The number of nitrogens with one attached hydrogen (secondary N) is 2. The predicted molar refractivity (Wildman–Crippen MR) is 107 cm³/mol. The molecule has 9 heteroatoms. The summed E-state index contributed by atoms with van der Waals surface area (Å²) in [6.45, 7) is 6.16. The molecule has 0 aliphatic heterocycles. The fraction of sp³-hybridized carbons (Fsp3) is 0.421. The molecule has 2 aromatic heterocycles. The molecule has 0 saturated carbocycles. The summed E-state index contributed by atoms with van der Waals surface area (Å²) >= 11 is 0. The summed E-state index contributed by atoms with van der Waals surface area (Å²) in [5.74, 6) is -0.927. The van der Waals surface area contributed by atoms with E-state index in [0.717, 1.165) is 18.9 Å². The van der Waals surface area contributed by atoms with Crippen molar-refractivity contribution in [2.75, 3.05) is 17.2 Å². The van der Waals surface area contributed by atoms with Crippen molar-refractivity contribution >= 4 is 23.2 Å². The molecular formula is C19H27FN6O2. The van der Waals surface area contributed by atoms with Gasteiger partial charge < -0.3 is 26.8 Å². The molecule has 2 heterocycles. The van der Waals surface area contributed by atoms with Crippen LogP contribution in [-0.4, -0.2) is 34.6 Å². The van der Waals surface area contributed by atoms with Gasteiger partial charge in [-0.3, -0.25) is 4.79 Å². The predicted octanol–water partition coefficient (Wildman–Crippen LogP) is 2.78. The number of primary amides is 1. The highest BCUT2D eigenvalue weighted by Gasteiger charge is 2.20. The molecule has 0 aliphatic rings. The molecule has 0 fully saturated rings. The lowest BCUT2D eigenvalue weighted by atomic mass is 10.1. The van der Waals surface area contributed by atoms with Gasteiger partial charge >= 0.3 is 0 Å². The van der Waals surface area contributed by atoms with Crippen molar-refractivity contribution in [2.24, 2.45) is 11.5 Å². The minimum absolute atomic E-state index is 0.00216. The normalized spacial score (nSPS) is 12.9. The molecular weight excluding hydrogens is 363 g/mol. The molecule has 152 valence electrons. The Labute approximate surface area is 163 Å². The zero-order valence-electron chi connectivity index (χ0n) is 16.3. The van der Waals surface area contributed by atoms with E-state index in [1.54, 1.807) is 18.3 Å². The number of pyridine rings is 2. The van der Waals surface area contributed by atoms with Crippen LogP contribution in [0.15, 0.2) is 24.4 Å². The van der Waals surface area contributed by atoms with Gasteiger partial charge in [0.1, 0.15) is 5.82 Å². The van der Waals surface area contributed by atoms with Crippen LogP contribution >= 0.6 is 0 Å². The number of anilines is 3. The molecule has 0 unspecified atom stereocenters. The number of hydrogen-bond acceptors (Lipinski definition) is 7. The van der Waals surface area contributed by atoms with Gasteiger partial charge in [0.15, 0.2) is 11.6 Å². The van der Waals surface area contributed by atoms with Crippen molar-refractivity contribution in [3.63, 3.8) is 0 Å². The SMILES string of the molecule is CCC[C@@H](Nc1nc(Nc2ccnc(OCC)c2)c(C(N)=O)cc1F)[C@H](C)N. The highest BCUT2D eigenvalue weighted by molar-refractivity contribution is 5.98. The van der Waals surface area contributed by atoms with Crippen LogP contribution in [0.2, 0.25) is 0 Å². The average Bonchev–Trinajstić information content (AvgIpc) is 2.64. The summed E-state index contributed by atoms with van der Waals surface area (Å²) in [6, 6.07) is 4.02. The third-order valence-electron chi connectivity index (χ3n) is 4.09. The summed E-state index contributed by atoms with van der Waals surface area (Å²) in [5, 5.41) is 6.02. The Bertz CT molecular complexity index is 815. The van der Waals surface area contributed by atoms with E-state index in [9.17, 15) is 9.18 Å². The van der Waals surface area contributed by atoms with Crippen LogP contribution in [0.25, 0.3) is 0 Å². The molecule has 0 radical (unpaired) electrons. The third-order valence-corrected chi connectivity index (χ3v) is 4.09. The van der Waals surface area contributed by atoms with Gasteiger partial charge in [-0.2, -0.15) is 0 Å². The van der Waals surface area contributed by atoms with Crippen LogP contribution in [0.1, 0.15) is 44.0 Å². The van der Waals surface area contributed by atoms with Crippen molar-refractivity contribution in [3.05, 3.63) is 35.8 Å². The number of halogens is 1. The number of nitrogens with two attached hydrogens (primary N) is 2. The molecule has 0 spiro atoms. The molecule has 1 amide bonds. The number of amides is 1. The first-order valence-electron chi connectivity index (χ1n) is 9.24. The van der Waals surface area contributed by atoms with Crippen LogP contribution in [0.4, 0.5) is 21.7 Å². The number of carbonyl (C=O) groups is 1. The van der Waals surface area contributed by atoms with Crippen molar-refractivity contribution in [1.82, 2.24) is 9.97 Å². The monoisotopic (exact) mass is 390 g/mol. The Morgan fingerprint density at radius 3 is 2.68 bits per heavy atom. The largest absolute Gasteiger partial charge is 0.478 e. The standard InChI is InChI=1S/C19H27FN6O2/c1-4-6-15(11(3)21)25-19-14(20)10-13(17(22)27)18(26-19)24-12-7-8-23-16(9-12)28-5-2/h7-11,15H,4-6,21H2,1-3H3,(H2,22,27)(H2,23,24,25,26)/t11-,15+/m0/s1. The average molecular weight is 390 g/mol. The second-order valence-corrected chi connectivity index (χ2v) is 6.42. The van der Waals surface area contributed by atoms with Crippen LogP contribution in [0.5, 0.6) is 5.88 Å². The van der Waals surface area contributed by atoms with E-state index in [2.05, 4.69) is 20.6 Å². The lowest BCUT2D eigenvalue weighted by molar-refractivity contribution is 0.100. The van der Waals surface area contributed by atoms with Crippen molar-refractivity contribution < 1.29 is 13.9 Å². The molecule has 6 N–H and O–H groups in total. The van der Waals surface area contributed by atoms with Gasteiger partial charge in [0.05, 0.1) is 12.2 Å². The van der Waals surface area contributed by atoms with Gasteiger partial charge in [-0.15, -0.1) is 0 Å². The Morgan fingerprint density at radius 2 is 2.07 bits per heavy atom. The summed E-state index contributed by atoms with van der Waals surface area (Å²) in [5.41, 5.74) is 11.9. The van der Waals surface area contributed by atoms with Crippen LogP contribution in [-0.2, 0) is 0 Å². The van der Waals surface area contributed by atoms with Gasteiger partial charge in [-0.25, -0.2) is 14.4 Å². The zero-order chi connectivity index (χ0) is 20.7. The quantitative estimate of drug-likeness (QED) is 0.491. The Kier molecular flexibility index (Phi) is 7.51. The van der Waals surface area contributed by atoms with E-state index in [-0.39, 0.29) is 29.3 Å². The molecule has 2 aromatic rings. The highest BCUT2D eigenvalue weighted by Crippen LogP contribution is 2.26. The van der Waals surface area contributed by atoms with Gasteiger partial charge in [-0.05, 0) is 32.4 Å². The number of rotatable bonds is 10. The molecule has 0 aliphatic carbocycles. The Balaban J connectivity index is 2.38. The minimum atomic E-state index is -0.795. The Hall–Kier alpha value is -2.94. The minimum Gasteiger partial charge on any atom is -0.478 e. The van der Waals surface area contributed by atoms with Crippen LogP contribution in [0.3, 0.4) is 0 Å². The fourth-order valence-corrected chi connectivity index (χ4v) is 2.68. The second kappa shape index (κ2) is 9.84. The van der Waals surface area contributed by atoms with E-state index in [1.165, 1.54) is 0 Å².